The number of hydrogen-bond donors (Lipinski definition) is 2. The first kappa shape index (κ1) is 13.3. The molecule has 2 rings (SSSR count). The van der Waals surface area contributed by atoms with E-state index in [-0.39, 0.29) is 5.91 Å². The molecule has 5 heteroatoms. The SMILES string of the molecule is Cc1ccc(F)cc1C(=O)NCCCc1ncc[nH]1. The molecule has 0 fully saturated rings. The van der Waals surface area contributed by atoms with Gasteiger partial charge >= 0.3 is 0 Å². The quantitative estimate of drug-likeness (QED) is 0.811. The van der Waals surface area contributed by atoms with Gasteiger partial charge < -0.3 is 10.3 Å². The fourth-order valence-corrected chi connectivity index (χ4v) is 1.83. The van der Waals surface area contributed by atoms with E-state index in [4.69, 9.17) is 0 Å². The molecule has 2 N–H and O–H groups in total. The molecular formula is C14H16FN3O. The standard InChI is InChI=1S/C14H16FN3O/c1-10-4-5-11(15)9-12(10)14(19)18-6-2-3-13-16-7-8-17-13/h4-5,7-9H,2-3,6H2,1H3,(H,16,17)(H,18,19). The highest BCUT2D eigenvalue weighted by molar-refractivity contribution is 5.95. The summed E-state index contributed by atoms with van der Waals surface area (Å²) < 4.78 is 13.1. The Balaban J connectivity index is 1.82. The maximum atomic E-state index is 13.1. The highest BCUT2D eigenvalue weighted by Crippen LogP contribution is 2.09. The van der Waals surface area contributed by atoms with Crippen molar-refractivity contribution < 1.29 is 9.18 Å². The number of halogens is 1. The van der Waals surface area contributed by atoms with E-state index in [2.05, 4.69) is 15.3 Å². The van der Waals surface area contributed by atoms with Gasteiger partial charge in [-0.1, -0.05) is 6.07 Å². The maximum Gasteiger partial charge on any atom is 0.251 e. The highest BCUT2D eigenvalue weighted by Gasteiger charge is 2.09. The molecule has 1 aromatic carbocycles. The van der Waals surface area contributed by atoms with Crippen LogP contribution < -0.4 is 5.32 Å². The Kier molecular flexibility index (Phi) is 4.28. The number of hydrogen-bond acceptors (Lipinski definition) is 2. The molecule has 0 atom stereocenters. The number of aryl methyl sites for hydroxylation is 2. The average molecular weight is 261 g/mol. The molecular weight excluding hydrogens is 245 g/mol. The molecule has 1 aromatic heterocycles. The smallest absolute Gasteiger partial charge is 0.251 e. The molecule has 0 spiro atoms. The second-order valence-electron chi connectivity index (χ2n) is 4.35. The summed E-state index contributed by atoms with van der Waals surface area (Å²) in [7, 11) is 0. The third-order valence-electron chi connectivity index (χ3n) is 2.88. The first-order valence-electron chi connectivity index (χ1n) is 6.19. The van der Waals surface area contributed by atoms with E-state index in [1.54, 1.807) is 25.4 Å². The van der Waals surface area contributed by atoms with Gasteiger partial charge in [0.2, 0.25) is 0 Å². The van der Waals surface area contributed by atoms with Crippen molar-refractivity contribution in [2.45, 2.75) is 19.8 Å². The molecule has 19 heavy (non-hydrogen) atoms. The van der Waals surface area contributed by atoms with Gasteiger partial charge in [0.25, 0.3) is 5.91 Å². The number of benzene rings is 1. The van der Waals surface area contributed by atoms with Crippen molar-refractivity contribution in [2.24, 2.45) is 0 Å². The molecule has 1 heterocycles. The van der Waals surface area contributed by atoms with Gasteiger partial charge in [-0.25, -0.2) is 9.37 Å². The number of carbonyl (C=O) groups excluding carboxylic acids is 1. The number of nitrogens with one attached hydrogen (secondary N) is 2. The van der Waals surface area contributed by atoms with Crippen molar-refractivity contribution in [3.05, 3.63) is 53.4 Å². The zero-order valence-electron chi connectivity index (χ0n) is 10.7. The minimum atomic E-state index is -0.397. The monoisotopic (exact) mass is 261 g/mol. The Morgan fingerprint density at radius 3 is 3.05 bits per heavy atom. The van der Waals surface area contributed by atoms with Crippen LogP contribution in [0.3, 0.4) is 0 Å². The molecule has 1 amide bonds. The lowest BCUT2D eigenvalue weighted by Crippen LogP contribution is -2.25. The Labute approximate surface area is 111 Å². The Morgan fingerprint density at radius 1 is 1.47 bits per heavy atom. The summed E-state index contributed by atoms with van der Waals surface area (Å²) in [5, 5.41) is 2.78. The fourth-order valence-electron chi connectivity index (χ4n) is 1.83. The predicted octanol–water partition coefficient (Wildman–Crippen LogP) is 2.22. The van der Waals surface area contributed by atoms with E-state index in [0.29, 0.717) is 12.1 Å². The third-order valence-corrected chi connectivity index (χ3v) is 2.88. The zero-order chi connectivity index (χ0) is 13.7. The predicted molar refractivity (Wildman–Crippen MR) is 70.4 cm³/mol. The van der Waals surface area contributed by atoms with E-state index in [0.717, 1.165) is 24.2 Å². The van der Waals surface area contributed by atoms with Crippen LogP contribution in [-0.2, 0) is 6.42 Å². The minimum Gasteiger partial charge on any atom is -0.352 e. The van der Waals surface area contributed by atoms with Gasteiger partial charge in [-0.3, -0.25) is 4.79 Å². The Hall–Kier alpha value is -2.17. The molecule has 0 radical (unpaired) electrons. The summed E-state index contributed by atoms with van der Waals surface area (Å²) in [5.41, 5.74) is 1.16. The van der Waals surface area contributed by atoms with E-state index < -0.39 is 5.82 Å². The number of rotatable bonds is 5. The van der Waals surface area contributed by atoms with Gasteiger partial charge in [0, 0.05) is 30.9 Å². The average Bonchev–Trinajstić information content (AvgIpc) is 2.90. The number of amides is 1. The number of carbonyl (C=O) groups is 1. The zero-order valence-corrected chi connectivity index (χ0v) is 10.7. The number of H-pyrrole nitrogens is 1. The van der Waals surface area contributed by atoms with E-state index in [1.165, 1.54) is 12.1 Å². The van der Waals surface area contributed by atoms with Gasteiger partial charge in [0.05, 0.1) is 0 Å². The van der Waals surface area contributed by atoms with Gasteiger partial charge in [0.15, 0.2) is 0 Å². The molecule has 0 bridgehead atoms. The summed E-state index contributed by atoms with van der Waals surface area (Å²) >= 11 is 0. The number of aromatic nitrogens is 2. The van der Waals surface area contributed by atoms with Crippen LogP contribution in [0.2, 0.25) is 0 Å². The van der Waals surface area contributed by atoms with Crippen molar-refractivity contribution in [2.75, 3.05) is 6.54 Å². The molecule has 0 aliphatic heterocycles. The topological polar surface area (TPSA) is 57.8 Å². The lowest BCUT2D eigenvalue weighted by atomic mass is 10.1. The van der Waals surface area contributed by atoms with Crippen molar-refractivity contribution in [3.63, 3.8) is 0 Å². The third kappa shape index (κ3) is 3.64. The molecule has 0 aliphatic carbocycles. The van der Waals surface area contributed by atoms with E-state index in [1.807, 2.05) is 0 Å². The maximum absolute atomic E-state index is 13.1. The molecule has 100 valence electrons. The molecule has 0 unspecified atom stereocenters. The van der Waals surface area contributed by atoms with Crippen molar-refractivity contribution >= 4 is 5.91 Å². The molecule has 0 saturated carbocycles. The molecule has 4 nitrogen and oxygen atoms in total. The van der Waals surface area contributed by atoms with Crippen molar-refractivity contribution in [3.8, 4) is 0 Å². The summed E-state index contributed by atoms with van der Waals surface area (Å²) in [6.45, 7) is 2.33. The van der Waals surface area contributed by atoms with Crippen LogP contribution in [-0.4, -0.2) is 22.4 Å². The van der Waals surface area contributed by atoms with Crippen LogP contribution in [0, 0.1) is 12.7 Å². The van der Waals surface area contributed by atoms with Crippen LogP contribution in [0.4, 0.5) is 4.39 Å². The van der Waals surface area contributed by atoms with Crippen LogP contribution in [0.15, 0.2) is 30.6 Å². The lowest BCUT2D eigenvalue weighted by molar-refractivity contribution is 0.0952. The van der Waals surface area contributed by atoms with Crippen LogP contribution in [0.5, 0.6) is 0 Å². The molecule has 2 aromatic rings. The summed E-state index contributed by atoms with van der Waals surface area (Å²) in [6.07, 6.45) is 5.02. The normalized spacial score (nSPS) is 10.4. The van der Waals surface area contributed by atoms with Gasteiger partial charge in [-0.15, -0.1) is 0 Å². The number of aromatic amines is 1. The Morgan fingerprint density at radius 2 is 2.32 bits per heavy atom. The lowest BCUT2D eigenvalue weighted by Gasteiger charge is -2.07. The van der Waals surface area contributed by atoms with Crippen molar-refractivity contribution in [1.29, 1.82) is 0 Å². The number of nitrogens with zero attached hydrogens (tertiary/aromatic N) is 1. The highest BCUT2D eigenvalue weighted by atomic mass is 19.1. The van der Waals surface area contributed by atoms with Gasteiger partial charge in [0.1, 0.15) is 11.6 Å². The van der Waals surface area contributed by atoms with Crippen LogP contribution >= 0.6 is 0 Å². The summed E-state index contributed by atoms with van der Waals surface area (Å²) in [5.74, 6) is 0.263. The minimum absolute atomic E-state index is 0.239. The van der Waals surface area contributed by atoms with Crippen LogP contribution in [0.25, 0.3) is 0 Å². The van der Waals surface area contributed by atoms with Gasteiger partial charge in [-0.05, 0) is 31.0 Å². The Bertz CT molecular complexity index is 552. The second-order valence-corrected chi connectivity index (χ2v) is 4.35. The first-order chi connectivity index (χ1) is 9.16. The first-order valence-corrected chi connectivity index (χ1v) is 6.19. The fraction of sp³-hybridized carbons (Fsp3) is 0.286. The summed E-state index contributed by atoms with van der Waals surface area (Å²) in [4.78, 5) is 19.0. The van der Waals surface area contributed by atoms with Crippen LogP contribution in [0.1, 0.15) is 28.2 Å². The molecule has 0 saturated heterocycles. The van der Waals surface area contributed by atoms with Gasteiger partial charge in [-0.2, -0.15) is 0 Å². The largest absolute Gasteiger partial charge is 0.352 e. The molecule has 0 aliphatic rings. The second kappa shape index (κ2) is 6.13. The van der Waals surface area contributed by atoms with E-state index in [9.17, 15) is 9.18 Å². The van der Waals surface area contributed by atoms with Crippen molar-refractivity contribution in [1.82, 2.24) is 15.3 Å². The summed E-state index contributed by atoms with van der Waals surface area (Å²) in [6, 6.07) is 4.22. The number of imidazole rings is 1. The van der Waals surface area contributed by atoms with E-state index >= 15 is 0 Å².